The lowest BCUT2D eigenvalue weighted by Gasteiger charge is -2.09. The predicted molar refractivity (Wildman–Crippen MR) is 74.3 cm³/mol. The van der Waals surface area contributed by atoms with E-state index in [4.69, 9.17) is 11.6 Å². The number of aromatic nitrogens is 1. The van der Waals surface area contributed by atoms with Crippen molar-refractivity contribution in [2.45, 2.75) is 6.42 Å². The fourth-order valence-electron chi connectivity index (χ4n) is 1.93. The lowest BCUT2D eigenvalue weighted by molar-refractivity contribution is 0.908. The molecule has 0 spiro atoms. The number of allylic oxidation sites excluding steroid dienone is 1. The van der Waals surface area contributed by atoms with E-state index in [1.165, 1.54) is 16.8 Å². The minimum atomic E-state index is 0.654. The summed E-state index contributed by atoms with van der Waals surface area (Å²) in [6, 6.07) is 14.6. The summed E-state index contributed by atoms with van der Waals surface area (Å²) in [7, 11) is 2.06. The van der Waals surface area contributed by atoms with E-state index in [2.05, 4.69) is 60.3 Å². The second kappa shape index (κ2) is 5.74. The van der Waals surface area contributed by atoms with Crippen LogP contribution >= 0.6 is 11.6 Å². The molecule has 0 aliphatic heterocycles. The number of alkyl halides is 1. The monoisotopic (exact) mass is 245 g/mol. The van der Waals surface area contributed by atoms with Crippen LogP contribution in [0, 0.1) is 0 Å². The van der Waals surface area contributed by atoms with Crippen molar-refractivity contribution < 1.29 is 0 Å². The van der Waals surface area contributed by atoms with E-state index < -0.39 is 0 Å². The van der Waals surface area contributed by atoms with Crippen molar-refractivity contribution in [2.24, 2.45) is 7.05 Å². The first kappa shape index (κ1) is 12.0. The molecule has 0 aliphatic carbocycles. The molecule has 1 aromatic carbocycles. The van der Waals surface area contributed by atoms with Gasteiger partial charge in [0.25, 0.3) is 0 Å². The molecule has 1 nitrogen and oxygen atoms in total. The Bertz CT molecular complexity index is 497. The molecule has 0 unspecified atom stereocenters. The van der Waals surface area contributed by atoms with E-state index in [-0.39, 0.29) is 0 Å². The Morgan fingerprint density at radius 3 is 2.53 bits per heavy atom. The van der Waals surface area contributed by atoms with Crippen LogP contribution in [-0.2, 0) is 7.05 Å². The summed E-state index contributed by atoms with van der Waals surface area (Å²) >= 11 is 5.78. The maximum atomic E-state index is 5.78. The molecule has 0 amide bonds. The van der Waals surface area contributed by atoms with Crippen molar-refractivity contribution in [3.8, 4) is 0 Å². The smallest absolute Gasteiger partial charge is 0.0480 e. The van der Waals surface area contributed by atoms with Gasteiger partial charge in [-0.3, -0.25) is 0 Å². The number of hydrogen-bond acceptors (Lipinski definition) is 0. The van der Waals surface area contributed by atoms with E-state index in [1.54, 1.807) is 0 Å². The molecule has 0 atom stereocenters. The van der Waals surface area contributed by atoms with Crippen molar-refractivity contribution in [2.75, 3.05) is 5.88 Å². The number of aryl methyl sites for hydroxylation is 1. The van der Waals surface area contributed by atoms with Gasteiger partial charge < -0.3 is 4.57 Å². The molecule has 0 bridgehead atoms. The standard InChI is InChI=1S/C15H16ClN/c1-17-12-6-10-15(17)14(9-5-11-16)13-7-3-2-4-8-13/h2-4,6-10,12H,5,11H2,1H3/b14-9+. The van der Waals surface area contributed by atoms with Crippen LogP contribution in [0.2, 0.25) is 0 Å². The fourth-order valence-corrected chi connectivity index (χ4v) is 2.04. The van der Waals surface area contributed by atoms with E-state index in [0.717, 1.165) is 6.42 Å². The van der Waals surface area contributed by atoms with Crippen LogP contribution in [0.4, 0.5) is 0 Å². The van der Waals surface area contributed by atoms with Crippen molar-refractivity contribution in [3.05, 3.63) is 66.0 Å². The quantitative estimate of drug-likeness (QED) is 0.716. The Kier molecular flexibility index (Phi) is 4.05. The Morgan fingerprint density at radius 2 is 1.94 bits per heavy atom. The van der Waals surface area contributed by atoms with Gasteiger partial charge in [-0.25, -0.2) is 0 Å². The van der Waals surface area contributed by atoms with Gasteiger partial charge in [-0.05, 0) is 24.1 Å². The summed E-state index contributed by atoms with van der Waals surface area (Å²) in [5, 5.41) is 0. The Labute approximate surface area is 107 Å². The molecule has 0 fully saturated rings. The largest absolute Gasteiger partial charge is 0.351 e. The normalized spacial score (nSPS) is 11.8. The molecular weight excluding hydrogens is 230 g/mol. The van der Waals surface area contributed by atoms with Crippen LogP contribution in [0.5, 0.6) is 0 Å². The molecule has 0 saturated carbocycles. The van der Waals surface area contributed by atoms with Gasteiger partial charge in [-0.1, -0.05) is 36.4 Å². The SMILES string of the molecule is Cn1cccc1/C(=C/CCCl)c1ccccc1. The highest BCUT2D eigenvalue weighted by Gasteiger charge is 2.06. The molecule has 2 heteroatoms. The lowest BCUT2D eigenvalue weighted by atomic mass is 10.0. The summed E-state index contributed by atoms with van der Waals surface area (Å²) in [4.78, 5) is 0. The minimum Gasteiger partial charge on any atom is -0.351 e. The van der Waals surface area contributed by atoms with E-state index in [1.807, 2.05) is 6.07 Å². The molecule has 0 N–H and O–H groups in total. The first-order valence-corrected chi connectivity index (χ1v) is 6.29. The second-order valence-electron chi connectivity index (χ2n) is 3.97. The highest BCUT2D eigenvalue weighted by molar-refractivity contribution is 6.18. The zero-order chi connectivity index (χ0) is 12.1. The molecule has 1 aromatic heterocycles. The van der Waals surface area contributed by atoms with Gasteiger partial charge in [-0.15, -0.1) is 11.6 Å². The average molecular weight is 246 g/mol. The summed E-state index contributed by atoms with van der Waals surface area (Å²) in [6.07, 6.45) is 5.15. The average Bonchev–Trinajstić information content (AvgIpc) is 2.78. The number of benzene rings is 1. The molecule has 1 heterocycles. The van der Waals surface area contributed by atoms with Gasteiger partial charge in [0, 0.05) is 30.4 Å². The van der Waals surface area contributed by atoms with Gasteiger partial charge in [-0.2, -0.15) is 0 Å². The zero-order valence-electron chi connectivity index (χ0n) is 9.94. The molecule has 2 aromatic rings. The number of nitrogens with zero attached hydrogens (tertiary/aromatic N) is 1. The highest BCUT2D eigenvalue weighted by Crippen LogP contribution is 2.23. The molecular formula is C15H16ClN. The van der Waals surface area contributed by atoms with E-state index >= 15 is 0 Å². The first-order chi connectivity index (χ1) is 8.33. The van der Waals surface area contributed by atoms with Crippen LogP contribution < -0.4 is 0 Å². The van der Waals surface area contributed by atoms with Gasteiger partial charge in [0.05, 0.1) is 0 Å². The summed E-state index contributed by atoms with van der Waals surface area (Å²) < 4.78 is 2.13. The molecule has 0 radical (unpaired) electrons. The Balaban J connectivity index is 2.43. The van der Waals surface area contributed by atoms with Gasteiger partial charge >= 0.3 is 0 Å². The Morgan fingerprint density at radius 1 is 1.18 bits per heavy atom. The topological polar surface area (TPSA) is 4.93 Å². The van der Waals surface area contributed by atoms with Crippen molar-refractivity contribution in [1.82, 2.24) is 4.57 Å². The van der Waals surface area contributed by atoms with Crippen LogP contribution in [0.1, 0.15) is 17.7 Å². The predicted octanol–water partition coefficient (Wildman–Crippen LogP) is 4.09. The van der Waals surface area contributed by atoms with E-state index in [0.29, 0.717) is 5.88 Å². The third-order valence-corrected chi connectivity index (χ3v) is 2.98. The maximum Gasteiger partial charge on any atom is 0.0480 e. The fraction of sp³-hybridized carbons (Fsp3) is 0.200. The van der Waals surface area contributed by atoms with Crippen LogP contribution in [0.15, 0.2) is 54.7 Å². The van der Waals surface area contributed by atoms with Crippen LogP contribution in [-0.4, -0.2) is 10.4 Å². The van der Waals surface area contributed by atoms with Crippen molar-refractivity contribution in [1.29, 1.82) is 0 Å². The summed E-state index contributed by atoms with van der Waals surface area (Å²) in [5.74, 6) is 0.654. The third kappa shape index (κ3) is 2.80. The lowest BCUT2D eigenvalue weighted by Crippen LogP contribution is -1.96. The van der Waals surface area contributed by atoms with Crippen LogP contribution in [0.25, 0.3) is 5.57 Å². The summed E-state index contributed by atoms with van der Waals surface area (Å²) in [6.45, 7) is 0. The molecule has 2 rings (SSSR count). The Hall–Kier alpha value is -1.47. The van der Waals surface area contributed by atoms with Gasteiger partial charge in [0.15, 0.2) is 0 Å². The first-order valence-electron chi connectivity index (χ1n) is 5.76. The number of hydrogen-bond donors (Lipinski definition) is 0. The van der Waals surface area contributed by atoms with Crippen molar-refractivity contribution >= 4 is 17.2 Å². The maximum absolute atomic E-state index is 5.78. The highest BCUT2D eigenvalue weighted by atomic mass is 35.5. The molecule has 0 saturated heterocycles. The molecule has 17 heavy (non-hydrogen) atoms. The minimum absolute atomic E-state index is 0.654. The van der Waals surface area contributed by atoms with Gasteiger partial charge in [0.2, 0.25) is 0 Å². The van der Waals surface area contributed by atoms with Crippen LogP contribution in [0.3, 0.4) is 0 Å². The van der Waals surface area contributed by atoms with Gasteiger partial charge in [0.1, 0.15) is 0 Å². The third-order valence-electron chi connectivity index (χ3n) is 2.76. The second-order valence-corrected chi connectivity index (χ2v) is 4.34. The van der Waals surface area contributed by atoms with Crippen molar-refractivity contribution in [3.63, 3.8) is 0 Å². The summed E-state index contributed by atoms with van der Waals surface area (Å²) in [5.41, 5.74) is 3.71. The molecule has 0 aliphatic rings. The number of halogens is 1. The molecule has 88 valence electrons. The van der Waals surface area contributed by atoms with E-state index in [9.17, 15) is 0 Å². The zero-order valence-corrected chi connectivity index (χ0v) is 10.7. The number of rotatable bonds is 4.